The summed E-state index contributed by atoms with van der Waals surface area (Å²) in [4.78, 5) is 49.3. The SMILES string of the molecule is C=C(F)C(=O)N1CC(n2nc(-c3ccc(C(F)(F)F)nc3)c3nccc(C(=O)NC4CCN(C(=O)Nc5ccccc5)CC4)c32)C1. The van der Waals surface area contributed by atoms with Gasteiger partial charge in [0.2, 0.25) is 0 Å². The van der Waals surface area contributed by atoms with E-state index in [4.69, 9.17) is 0 Å². The molecule has 6 rings (SSSR count). The summed E-state index contributed by atoms with van der Waals surface area (Å²) >= 11 is 0. The van der Waals surface area contributed by atoms with Crippen LogP contribution in [0.25, 0.3) is 22.3 Å². The van der Waals surface area contributed by atoms with Crippen molar-refractivity contribution < 1.29 is 31.9 Å². The third-order valence-electron chi connectivity index (χ3n) is 8.03. The minimum atomic E-state index is -4.63. The number of urea groups is 1. The number of nitrogens with zero attached hydrogens (tertiary/aromatic N) is 6. The lowest BCUT2D eigenvalue weighted by atomic mass is 10.0. The van der Waals surface area contributed by atoms with Crippen LogP contribution in [-0.2, 0) is 11.0 Å². The van der Waals surface area contributed by atoms with Gasteiger partial charge in [0.15, 0.2) is 5.83 Å². The quantitative estimate of drug-likeness (QED) is 0.231. The minimum Gasteiger partial charge on any atom is -0.349 e. The number of amides is 4. The lowest BCUT2D eigenvalue weighted by molar-refractivity contribution is -0.141. The molecule has 0 saturated carbocycles. The first kappa shape index (κ1) is 30.7. The maximum atomic E-state index is 13.7. The van der Waals surface area contributed by atoms with Crippen LogP contribution >= 0.6 is 0 Å². The highest BCUT2D eigenvalue weighted by Crippen LogP contribution is 2.35. The number of hydrogen-bond acceptors (Lipinski definition) is 6. The van der Waals surface area contributed by atoms with Gasteiger partial charge in [-0.2, -0.15) is 18.3 Å². The van der Waals surface area contributed by atoms with Crippen LogP contribution in [0, 0.1) is 0 Å². The van der Waals surface area contributed by atoms with Crippen molar-refractivity contribution in [1.29, 1.82) is 0 Å². The number of pyridine rings is 2. The van der Waals surface area contributed by atoms with Crippen LogP contribution in [0.3, 0.4) is 0 Å². The molecule has 11 nitrogen and oxygen atoms in total. The first-order valence-electron chi connectivity index (χ1n) is 14.5. The fourth-order valence-electron chi connectivity index (χ4n) is 5.57. The molecule has 3 aromatic heterocycles. The predicted molar refractivity (Wildman–Crippen MR) is 159 cm³/mol. The summed E-state index contributed by atoms with van der Waals surface area (Å²) < 4.78 is 54.4. The molecule has 0 atom stereocenters. The van der Waals surface area contributed by atoms with Gasteiger partial charge in [0.1, 0.15) is 22.4 Å². The minimum absolute atomic E-state index is 0.0721. The summed E-state index contributed by atoms with van der Waals surface area (Å²) in [6, 6.07) is 11.7. The highest BCUT2D eigenvalue weighted by Gasteiger charge is 2.37. The number of nitrogens with one attached hydrogen (secondary N) is 2. The van der Waals surface area contributed by atoms with Crippen molar-refractivity contribution >= 4 is 34.6 Å². The van der Waals surface area contributed by atoms with Gasteiger partial charge in [-0.05, 0) is 43.2 Å². The molecular formula is C31H28F4N8O3. The van der Waals surface area contributed by atoms with E-state index in [9.17, 15) is 31.9 Å². The van der Waals surface area contributed by atoms with Gasteiger partial charge < -0.3 is 20.4 Å². The molecular weight excluding hydrogens is 608 g/mol. The van der Waals surface area contributed by atoms with Crippen LogP contribution in [0.5, 0.6) is 0 Å². The number of fused-ring (bicyclic) bond motifs is 1. The molecule has 238 valence electrons. The number of rotatable bonds is 6. The second-order valence-electron chi connectivity index (χ2n) is 11.1. The molecule has 2 aliphatic rings. The van der Waals surface area contributed by atoms with Crippen molar-refractivity contribution in [1.82, 2.24) is 34.9 Å². The Morgan fingerprint density at radius 3 is 2.28 bits per heavy atom. The number of anilines is 1. The van der Waals surface area contributed by atoms with Crippen molar-refractivity contribution in [3.63, 3.8) is 0 Å². The summed E-state index contributed by atoms with van der Waals surface area (Å²) in [7, 11) is 0. The normalized spacial score (nSPS) is 15.8. The zero-order valence-electron chi connectivity index (χ0n) is 24.3. The zero-order chi connectivity index (χ0) is 32.6. The molecule has 2 fully saturated rings. The van der Waals surface area contributed by atoms with Gasteiger partial charge in [-0.15, -0.1) is 0 Å². The van der Waals surface area contributed by atoms with E-state index in [1.54, 1.807) is 17.0 Å². The van der Waals surface area contributed by atoms with Crippen LogP contribution in [0.4, 0.5) is 28.0 Å². The number of aromatic nitrogens is 4. The number of para-hydroxylation sites is 1. The van der Waals surface area contributed by atoms with Gasteiger partial charge in [-0.25, -0.2) is 9.18 Å². The van der Waals surface area contributed by atoms with E-state index in [1.807, 2.05) is 18.2 Å². The summed E-state index contributed by atoms with van der Waals surface area (Å²) in [5.41, 5.74) is 0.827. The van der Waals surface area contributed by atoms with E-state index < -0.39 is 35.6 Å². The molecule has 46 heavy (non-hydrogen) atoms. The second-order valence-corrected chi connectivity index (χ2v) is 11.1. The molecule has 1 aromatic carbocycles. The first-order chi connectivity index (χ1) is 22.0. The van der Waals surface area contributed by atoms with Crippen LogP contribution in [0.15, 0.2) is 73.3 Å². The van der Waals surface area contributed by atoms with Gasteiger partial charge in [0.25, 0.3) is 11.8 Å². The van der Waals surface area contributed by atoms with Crippen LogP contribution in [-0.4, -0.2) is 79.6 Å². The molecule has 4 aromatic rings. The maximum Gasteiger partial charge on any atom is 0.433 e. The Bertz CT molecular complexity index is 1800. The molecule has 0 aliphatic carbocycles. The Morgan fingerprint density at radius 2 is 1.65 bits per heavy atom. The Morgan fingerprint density at radius 1 is 0.935 bits per heavy atom. The Labute approximate surface area is 259 Å². The molecule has 0 unspecified atom stereocenters. The largest absolute Gasteiger partial charge is 0.433 e. The fourth-order valence-corrected chi connectivity index (χ4v) is 5.57. The Balaban J connectivity index is 1.24. The number of halogens is 4. The first-order valence-corrected chi connectivity index (χ1v) is 14.5. The monoisotopic (exact) mass is 636 g/mol. The lowest BCUT2D eigenvalue weighted by Gasteiger charge is -2.39. The molecule has 15 heteroatoms. The Kier molecular flexibility index (Phi) is 8.15. The molecule has 4 amide bonds. The third-order valence-corrected chi connectivity index (χ3v) is 8.03. The maximum absolute atomic E-state index is 13.7. The fraction of sp³-hybridized carbons (Fsp3) is 0.290. The summed E-state index contributed by atoms with van der Waals surface area (Å²) in [6.07, 6.45) is -1.17. The van der Waals surface area contributed by atoms with Gasteiger partial charge in [0, 0.05) is 55.9 Å². The topological polar surface area (TPSA) is 125 Å². The lowest BCUT2D eigenvalue weighted by Crippen LogP contribution is -2.51. The number of piperidine rings is 1. The average Bonchev–Trinajstić information content (AvgIpc) is 3.40. The van der Waals surface area contributed by atoms with E-state index in [-0.39, 0.29) is 47.5 Å². The van der Waals surface area contributed by atoms with E-state index in [1.165, 1.54) is 27.9 Å². The summed E-state index contributed by atoms with van der Waals surface area (Å²) in [6.45, 7) is 4.03. The van der Waals surface area contributed by atoms with Gasteiger partial charge in [-0.3, -0.25) is 24.2 Å². The van der Waals surface area contributed by atoms with Crippen LogP contribution in [0.2, 0.25) is 0 Å². The van der Waals surface area contributed by atoms with Gasteiger partial charge in [-0.1, -0.05) is 24.8 Å². The van der Waals surface area contributed by atoms with E-state index in [0.29, 0.717) is 37.1 Å². The van der Waals surface area contributed by atoms with Crippen LogP contribution < -0.4 is 10.6 Å². The molecule has 0 bridgehead atoms. The second kappa shape index (κ2) is 12.2. The van der Waals surface area contributed by atoms with Crippen molar-refractivity contribution in [2.45, 2.75) is 31.1 Å². The van der Waals surface area contributed by atoms with E-state index in [2.05, 4.69) is 32.3 Å². The summed E-state index contributed by atoms with van der Waals surface area (Å²) in [5, 5.41) is 10.5. The third kappa shape index (κ3) is 6.12. The number of hydrogen-bond donors (Lipinski definition) is 2. The average molecular weight is 637 g/mol. The number of benzene rings is 1. The number of likely N-dealkylation sites (tertiary alicyclic amines) is 2. The highest BCUT2D eigenvalue weighted by molar-refractivity contribution is 6.07. The smallest absolute Gasteiger partial charge is 0.349 e. The molecule has 0 spiro atoms. The summed E-state index contributed by atoms with van der Waals surface area (Å²) in [5.74, 6) is -2.40. The number of alkyl halides is 3. The highest BCUT2D eigenvalue weighted by atomic mass is 19.4. The van der Waals surface area contributed by atoms with Crippen molar-refractivity contribution in [3.05, 3.63) is 84.6 Å². The molecule has 2 saturated heterocycles. The molecule has 2 N–H and O–H groups in total. The van der Waals surface area contributed by atoms with E-state index in [0.717, 1.165) is 12.3 Å². The Hall–Kier alpha value is -5.34. The van der Waals surface area contributed by atoms with Crippen molar-refractivity contribution in [2.75, 3.05) is 31.5 Å². The van der Waals surface area contributed by atoms with Gasteiger partial charge >= 0.3 is 12.2 Å². The van der Waals surface area contributed by atoms with E-state index >= 15 is 0 Å². The standard InChI is InChI=1S/C31H28F4N8O3/c1-18(32)29(45)42-16-22(17-42)43-27-23(9-12-36-26(27)25(40-43)19-7-8-24(37-15-19)31(33,34)35)28(44)38-21-10-13-41(14-11-21)30(46)39-20-5-3-2-4-6-20/h2-9,12,15,21-22H,1,10-11,13-14,16-17H2,(H,38,44)(H,39,46). The van der Waals surface area contributed by atoms with Crippen molar-refractivity contribution in [3.8, 4) is 11.3 Å². The van der Waals surface area contributed by atoms with Gasteiger partial charge in [0.05, 0.1) is 11.6 Å². The molecule has 0 radical (unpaired) electrons. The number of carbonyl (C=O) groups excluding carboxylic acids is 3. The van der Waals surface area contributed by atoms with Crippen LogP contribution in [0.1, 0.15) is 34.9 Å². The molecule has 2 aliphatic heterocycles. The number of carbonyl (C=O) groups is 3. The predicted octanol–water partition coefficient (Wildman–Crippen LogP) is 4.80. The van der Waals surface area contributed by atoms with Crippen molar-refractivity contribution in [2.24, 2.45) is 0 Å². The zero-order valence-corrected chi connectivity index (χ0v) is 24.3. The molecule has 5 heterocycles.